The van der Waals surface area contributed by atoms with E-state index in [0.29, 0.717) is 32.5 Å². The first-order valence-electron chi connectivity index (χ1n) is 6.66. The van der Waals surface area contributed by atoms with Crippen LogP contribution in [0.5, 0.6) is 0 Å². The molecule has 1 saturated heterocycles. The number of esters is 1. The topological polar surface area (TPSA) is 116 Å². The Balaban J connectivity index is 2.53. The van der Waals surface area contributed by atoms with Gasteiger partial charge in [-0.15, -0.1) is 0 Å². The molecule has 0 aromatic carbocycles. The maximum Gasteiger partial charge on any atom is 0.417 e. The molecule has 0 spiro atoms. The van der Waals surface area contributed by atoms with E-state index >= 15 is 0 Å². The molecule has 0 aliphatic carbocycles. The number of hydrogen-bond donors (Lipinski definition) is 2. The molecule has 0 saturated carbocycles. The van der Waals surface area contributed by atoms with Crippen LogP contribution in [0, 0.1) is 0 Å². The van der Waals surface area contributed by atoms with Gasteiger partial charge >= 0.3 is 18.2 Å². The summed E-state index contributed by atoms with van der Waals surface area (Å²) in [6, 6.07) is 0. The van der Waals surface area contributed by atoms with Gasteiger partial charge in [0, 0.05) is 45.7 Å². The second kappa shape index (κ2) is 8.90. The normalized spacial score (nSPS) is 16.4. The van der Waals surface area contributed by atoms with Crippen LogP contribution >= 0.6 is 0 Å². The van der Waals surface area contributed by atoms with E-state index in [0.717, 1.165) is 0 Å². The summed E-state index contributed by atoms with van der Waals surface area (Å²) >= 11 is 0. The first kappa shape index (κ1) is 16.9. The highest BCUT2D eigenvalue weighted by molar-refractivity contribution is 5.85. The quantitative estimate of drug-likeness (QED) is 0.410. The lowest BCUT2D eigenvalue weighted by Crippen LogP contribution is -2.42. The van der Waals surface area contributed by atoms with Crippen molar-refractivity contribution in [3.63, 3.8) is 0 Å². The summed E-state index contributed by atoms with van der Waals surface area (Å²) in [6.45, 7) is 1.91. The van der Waals surface area contributed by atoms with Gasteiger partial charge in [-0.3, -0.25) is 4.79 Å². The van der Waals surface area contributed by atoms with Crippen molar-refractivity contribution in [2.75, 3.05) is 39.3 Å². The minimum atomic E-state index is -1.06. The fraction of sp³-hybridized carbons (Fsp3) is 0.667. The third kappa shape index (κ3) is 6.21. The number of carbonyl (C=O) groups excluding carboxylic acids is 3. The molecule has 0 aromatic heterocycles. The zero-order chi connectivity index (χ0) is 15.7. The molecule has 0 unspecified atom stereocenters. The summed E-state index contributed by atoms with van der Waals surface area (Å²) in [7, 11) is 0. The van der Waals surface area contributed by atoms with Crippen LogP contribution in [-0.4, -0.2) is 78.6 Å². The summed E-state index contributed by atoms with van der Waals surface area (Å²) in [5.74, 6) is -0.768. The number of ether oxygens (including phenoxy) is 1. The average molecular weight is 301 g/mol. The van der Waals surface area contributed by atoms with E-state index in [1.165, 1.54) is 9.80 Å². The third-order valence-corrected chi connectivity index (χ3v) is 2.95. The van der Waals surface area contributed by atoms with E-state index in [4.69, 9.17) is 5.11 Å². The van der Waals surface area contributed by atoms with Gasteiger partial charge in [0.25, 0.3) is 0 Å². The van der Waals surface area contributed by atoms with Gasteiger partial charge in [0.2, 0.25) is 0 Å². The smallest absolute Gasteiger partial charge is 0.417 e. The Morgan fingerprint density at radius 1 is 1.10 bits per heavy atom. The molecular weight excluding hydrogens is 282 g/mol. The molecule has 9 nitrogen and oxygen atoms in total. The Morgan fingerprint density at radius 3 is 2.33 bits per heavy atom. The first-order chi connectivity index (χ1) is 10.0. The predicted molar refractivity (Wildman–Crippen MR) is 70.8 cm³/mol. The van der Waals surface area contributed by atoms with Crippen LogP contribution in [0.4, 0.5) is 9.59 Å². The number of rotatable bonds is 3. The van der Waals surface area contributed by atoms with E-state index in [1.807, 2.05) is 0 Å². The highest BCUT2D eigenvalue weighted by Crippen LogP contribution is 2.01. The van der Waals surface area contributed by atoms with Crippen molar-refractivity contribution in [3.05, 3.63) is 0 Å². The molecule has 0 radical (unpaired) electrons. The van der Waals surface area contributed by atoms with Crippen LogP contribution in [0.3, 0.4) is 0 Å². The largest absolute Gasteiger partial charge is 0.465 e. The van der Waals surface area contributed by atoms with Gasteiger partial charge in [-0.25, -0.2) is 9.59 Å². The summed E-state index contributed by atoms with van der Waals surface area (Å²) in [5.41, 5.74) is 0. The second-order valence-electron chi connectivity index (χ2n) is 4.45. The summed E-state index contributed by atoms with van der Waals surface area (Å²) in [5, 5.41) is 12.0. The van der Waals surface area contributed by atoms with Gasteiger partial charge in [0.05, 0.1) is 6.42 Å². The summed E-state index contributed by atoms with van der Waals surface area (Å²) in [6.07, 6.45) is -1.46. The molecule has 1 heterocycles. The molecule has 1 aliphatic rings. The maximum absolute atomic E-state index is 11.8. The third-order valence-electron chi connectivity index (χ3n) is 2.95. The van der Waals surface area contributed by atoms with Crippen LogP contribution in [0.15, 0.2) is 0 Å². The Kier molecular flexibility index (Phi) is 7.16. The Bertz CT molecular complexity index is 400. The number of aldehydes is 1. The van der Waals surface area contributed by atoms with Crippen LogP contribution in [-0.2, 0) is 14.3 Å². The van der Waals surface area contributed by atoms with Crippen LogP contribution < -0.4 is 5.32 Å². The van der Waals surface area contributed by atoms with Crippen LogP contribution in [0.1, 0.15) is 12.8 Å². The van der Waals surface area contributed by atoms with Crippen molar-refractivity contribution in [3.8, 4) is 0 Å². The van der Waals surface area contributed by atoms with Crippen molar-refractivity contribution in [2.24, 2.45) is 0 Å². The van der Waals surface area contributed by atoms with E-state index in [-0.39, 0.29) is 25.9 Å². The van der Waals surface area contributed by atoms with Gasteiger partial charge in [0.15, 0.2) is 0 Å². The minimum absolute atomic E-state index is 0.000457. The molecule has 2 amide bonds. The Morgan fingerprint density at radius 2 is 1.71 bits per heavy atom. The zero-order valence-electron chi connectivity index (χ0n) is 11.6. The summed E-state index contributed by atoms with van der Waals surface area (Å²) in [4.78, 5) is 46.7. The molecule has 1 aliphatic heterocycles. The molecule has 0 bridgehead atoms. The standard InChI is InChI=1S/C12H19N3O6/c16-9-1-2-10(17)21-12(20)15-6-4-13-3-5-14(7-8-15)11(18)19/h9,13H,1-8H2,(H,18,19). The number of amides is 2. The Labute approximate surface area is 121 Å². The highest BCUT2D eigenvalue weighted by atomic mass is 16.6. The number of nitrogens with one attached hydrogen (secondary N) is 1. The predicted octanol–water partition coefficient (Wildman–Crippen LogP) is -0.486. The lowest BCUT2D eigenvalue weighted by molar-refractivity contribution is -0.139. The van der Waals surface area contributed by atoms with E-state index in [9.17, 15) is 19.2 Å². The fourth-order valence-electron chi connectivity index (χ4n) is 1.78. The molecule has 9 heteroatoms. The first-order valence-corrected chi connectivity index (χ1v) is 6.66. The van der Waals surface area contributed by atoms with Crippen molar-refractivity contribution in [1.82, 2.24) is 15.1 Å². The number of carbonyl (C=O) groups is 4. The van der Waals surface area contributed by atoms with Crippen molar-refractivity contribution < 1.29 is 29.0 Å². The lowest BCUT2D eigenvalue weighted by Gasteiger charge is -2.23. The molecule has 0 atom stereocenters. The maximum atomic E-state index is 11.8. The van der Waals surface area contributed by atoms with Crippen molar-refractivity contribution in [2.45, 2.75) is 12.8 Å². The van der Waals surface area contributed by atoms with Gasteiger partial charge < -0.3 is 29.8 Å². The lowest BCUT2D eigenvalue weighted by atomic mass is 10.3. The highest BCUT2D eigenvalue weighted by Gasteiger charge is 2.21. The Hall–Kier alpha value is -2.16. The molecule has 1 fully saturated rings. The molecule has 21 heavy (non-hydrogen) atoms. The molecule has 118 valence electrons. The zero-order valence-corrected chi connectivity index (χ0v) is 11.6. The van der Waals surface area contributed by atoms with Gasteiger partial charge in [-0.2, -0.15) is 0 Å². The molecule has 2 N–H and O–H groups in total. The number of nitrogens with zero attached hydrogens (tertiary/aromatic N) is 2. The van der Waals surface area contributed by atoms with Crippen LogP contribution in [0.2, 0.25) is 0 Å². The molecule has 0 aromatic rings. The van der Waals surface area contributed by atoms with E-state index in [2.05, 4.69) is 10.1 Å². The fourth-order valence-corrected chi connectivity index (χ4v) is 1.78. The van der Waals surface area contributed by atoms with Crippen LogP contribution in [0.25, 0.3) is 0 Å². The van der Waals surface area contributed by atoms with Crippen molar-refractivity contribution >= 4 is 24.4 Å². The second-order valence-corrected chi connectivity index (χ2v) is 4.45. The van der Waals surface area contributed by atoms with E-state index in [1.54, 1.807) is 0 Å². The molecular formula is C12H19N3O6. The van der Waals surface area contributed by atoms with Gasteiger partial charge in [0.1, 0.15) is 6.29 Å². The monoisotopic (exact) mass is 301 g/mol. The number of hydrogen-bond acceptors (Lipinski definition) is 6. The summed E-state index contributed by atoms with van der Waals surface area (Å²) < 4.78 is 4.62. The molecule has 1 rings (SSSR count). The number of carboxylic acid groups (broad SMARTS) is 1. The van der Waals surface area contributed by atoms with Gasteiger partial charge in [-0.05, 0) is 0 Å². The minimum Gasteiger partial charge on any atom is -0.465 e. The van der Waals surface area contributed by atoms with E-state index < -0.39 is 18.2 Å². The van der Waals surface area contributed by atoms with Gasteiger partial charge in [-0.1, -0.05) is 0 Å². The average Bonchev–Trinajstić information content (AvgIpc) is 2.56. The SMILES string of the molecule is O=CCCC(=O)OC(=O)N1CCNCCN(C(=O)O)CC1. The van der Waals surface area contributed by atoms with Crippen molar-refractivity contribution in [1.29, 1.82) is 0 Å².